The largest absolute Gasteiger partial charge is 0.504 e. The van der Waals surface area contributed by atoms with Gasteiger partial charge < -0.3 is 15.2 Å². The van der Waals surface area contributed by atoms with Crippen molar-refractivity contribution in [1.82, 2.24) is 5.32 Å². The molecule has 0 saturated carbocycles. The average molecular weight is 295 g/mol. The second kappa shape index (κ2) is 4.34. The van der Waals surface area contributed by atoms with E-state index in [0.29, 0.717) is 17.7 Å². The van der Waals surface area contributed by atoms with Crippen molar-refractivity contribution in [2.75, 3.05) is 7.11 Å². The minimum absolute atomic E-state index is 0.130. The predicted octanol–water partition coefficient (Wildman–Crippen LogP) is 1.98. The van der Waals surface area contributed by atoms with Gasteiger partial charge in [0.2, 0.25) is 0 Å². The molecule has 0 radical (unpaired) electrons. The number of ketones is 1. The lowest BCUT2D eigenvalue weighted by Crippen LogP contribution is -2.42. The highest BCUT2D eigenvalue weighted by molar-refractivity contribution is 6.44. The van der Waals surface area contributed by atoms with E-state index in [9.17, 15) is 14.7 Å². The Hall–Kier alpha value is -2.82. The summed E-state index contributed by atoms with van der Waals surface area (Å²) in [4.78, 5) is 24.0. The van der Waals surface area contributed by atoms with Crippen molar-refractivity contribution in [1.29, 1.82) is 0 Å². The number of carbonyl (C=O) groups excluding carboxylic acids is 2. The zero-order valence-electron chi connectivity index (χ0n) is 11.8. The highest BCUT2D eigenvalue weighted by Crippen LogP contribution is 2.50. The van der Waals surface area contributed by atoms with Crippen LogP contribution in [0.5, 0.6) is 11.5 Å². The SMILES string of the molecule is COc1c(O)cc2c3c1-c1ccccc1CC3NC(=O)C2=O. The van der Waals surface area contributed by atoms with Crippen molar-refractivity contribution >= 4 is 11.7 Å². The molecule has 2 aromatic carbocycles. The van der Waals surface area contributed by atoms with Crippen LogP contribution in [0, 0.1) is 0 Å². The Kier molecular flexibility index (Phi) is 2.54. The van der Waals surface area contributed by atoms with Crippen molar-refractivity contribution in [3.8, 4) is 22.6 Å². The minimum Gasteiger partial charge on any atom is -0.504 e. The summed E-state index contributed by atoms with van der Waals surface area (Å²) in [5.41, 5.74) is 3.66. The Morgan fingerprint density at radius 3 is 2.77 bits per heavy atom. The lowest BCUT2D eigenvalue weighted by Gasteiger charge is -2.34. The van der Waals surface area contributed by atoms with E-state index in [-0.39, 0.29) is 17.4 Å². The van der Waals surface area contributed by atoms with Crippen LogP contribution in [0.2, 0.25) is 0 Å². The number of fused-ring (bicyclic) bond motifs is 2. The summed E-state index contributed by atoms with van der Waals surface area (Å²) in [6, 6.07) is 8.79. The van der Waals surface area contributed by atoms with Crippen LogP contribution in [0.1, 0.15) is 27.5 Å². The highest BCUT2D eigenvalue weighted by atomic mass is 16.5. The van der Waals surface area contributed by atoms with Crippen molar-refractivity contribution in [3.63, 3.8) is 0 Å². The van der Waals surface area contributed by atoms with E-state index in [0.717, 1.165) is 16.7 Å². The minimum atomic E-state index is -0.632. The number of phenolic OH excluding ortho intramolecular Hbond substituents is 1. The van der Waals surface area contributed by atoms with Gasteiger partial charge in [-0.15, -0.1) is 0 Å². The van der Waals surface area contributed by atoms with E-state index in [1.54, 1.807) is 0 Å². The summed E-state index contributed by atoms with van der Waals surface area (Å²) >= 11 is 0. The fraction of sp³-hybridized carbons (Fsp3) is 0.176. The third kappa shape index (κ3) is 1.53. The number of Topliss-reactive ketones (excluding diaryl/α,β-unsaturated/α-hetero) is 1. The maximum atomic E-state index is 12.2. The zero-order chi connectivity index (χ0) is 15.4. The maximum absolute atomic E-state index is 12.2. The first-order valence-corrected chi connectivity index (χ1v) is 6.99. The monoisotopic (exact) mass is 295 g/mol. The molecule has 1 atom stereocenters. The molecule has 1 heterocycles. The molecule has 2 aromatic rings. The van der Waals surface area contributed by atoms with E-state index < -0.39 is 11.7 Å². The normalized spacial score (nSPS) is 18.3. The number of rotatable bonds is 1. The fourth-order valence-corrected chi connectivity index (χ4v) is 3.42. The molecule has 0 bridgehead atoms. The molecule has 0 saturated heterocycles. The quantitative estimate of drug-likeness (QED) is 0.789. The van der Waals surface area contributed by atoms with Gasteiger partial charge in [-0.2, -0.15) is 0 Å². The topological polar surface area (TPSA) is 75.6 Å². The molecule has 5 nitrogen and oxygen atoms in total. The second-order valence-corrected chi connectivity index (χ2v) is 5.48. The lowest BCUT2D eigenvalue weighted by molar-refractivity contribution is -0.118. The molecule has 5 heteroatoms. The summed E-state index contributed by atoms with van der Waals surface area (Å²) in [6.07, 6.45) is 0.614. The molecule has 1 aliphatic heterocycles. The maximum Gasteiger partial charge on any atom is 0.292 e. The Morgan fingerprint density at radius 2 is 2.00 bits per heavy atom. The molecular formula is C17H13NO4. The number of aromatic hydroxyl groups is 1. The number of hydrogen-bond acceptors (Lipinski definition) is 4. The van der Waals surface area contributed by atoms with E-state index in [2.05, 4.69) is 5.32 Å². The Morgan fingerprint density at radius 1 is 1.23 bits per heavy atom. The molecule has 0 aromatic heterocycles. The first-order chi connectivity index (χ1) is 10.6. The number of methoxy groups -OCH3 is 1. The standard InChI is InChI=1S/C17H13NO4/c1-22-16-12(19)7-10-13-11(18-17(21)15(10)20)6-8-4-2-3-5-9(8)14(13)16/h2-5,7,11,19H,6H2,1H3,(H,18,21). The molecule has 1 amide bonds. The van der Waals surface area contributed by atoms with E-state index in [1.165, 1.54) is 13.2 Å². The van der Waals surface area contributed by atoms with Gasteiger partial charge in [0.1, 0.15) is 0 Å². The first kappa shape index (κ1) is 12.9. The van der Waals surface area contributed by atoms with Crippen molar-refractivity contribution < 1.29 is 19.4 Å². The molecular weight excluding hydrogens is 282 g/mol. The number of nitrogens with one attached hydrogen (secondary N) is 1. The van der Waals surface area contributed by atoms with Crippen LogP contribution in [0.25, 0.3) is 11.1 Å². The number of benzene rings is 2. The first-order valence-electron chi connectivity index (χ1n) is 6.99. The Balaban J connectivity index is 2.14. The van der Waals surface area contributed by atoms with Gasteiger partial charge in [0.15, 0.2) is 11.5 Å². The molecule has 2 N–H and O–H groups in total. The Bertz CT molecular complexity index is 841. The summed E-state index contributed by atoms with van der Waals surface area (Å²) in [5, 5.41) is 13.0. The van der Waals surface area contributed by atoms with Crippen molar-refractivity contribution in [2.45, 2.75) is 12.5 Å². The van der Waals surface area contributed by atoms with Gasteiger partial charge in [0, 0.05) is 11.1 Å². The zero-order valence-corrected chi connectivity index (χ0v) is 11.8. The van der Waals surface area contributed by atoms with Crippen LogP contribution in [0.3, 0.4) is 0 Å². The number of ether oxygens (including phenoxy) is 1. The summed E-state index contributed by atoms with van der Waals surface area (Å²) in [5.74, 6) is -1.05. The van der Waals surface area contributed by atoms with Gasteiger partial charge >= 0.3 is 0 Å². The van der Waals surface area contributed by atoms with Gasteiger partial charge in [-0.25, -0.2) is 0 Å². The molecule has 1 aliphatic carbocycles. The number of phenols is 1. The van der Waals surface area contributed by atoms with E-state index in [4.69, 9.17) is 4.74 Å². The van der Waals surface area contributed by atoms with Crippen LogP contribution in [0.15, 0.2) is 30.3 Å². The molecule has 2 aliphatic rings. The third-order valence-electron chi connectivity index (χ3n) is 4.32. The van der Waals surface area contributed by atoms with E-state index >= 15 is 0 Å². The average Bonchev–Trinajstić information content (AvgIpc) is 2.52. The van der Waals surface area contributed by atoms with Crippen LogP contribution in [-0.4, -0.2) is 23.9 Å². The summed E-state index contributed by atoms with van der Waals surface area (Å²) in [6.45, 7) is 0. The predicted molar refractivity (Wildman–Crippen MR) is 79.0 cm³/mol. The Labute approximate surface area is 126 Å². The second-order valence-electron chi connectivity index (χ2n) is 5.48. The van der Waals surface area contributed by atoms with Gasteiger partial charge in [0.05, 0.1) is 13.2 Å². The summed E-state index contributed by atoms with van der Waals surface area (Å²) < 4.78 is 5.36. The molecule has 4 rings (SSSR count). The fourth-order valence-electron chi connectivity index (χ4n) is 3.42. The smallest absolute Gasteiger partial charge is 0.292 e. The van der Waals surface area contributed by atoms with E-state index in [1.807, 2.05) is 24.3 Å². The van der Waals surface area contributed by atoms with Gasteiger partial charge in [0.25, 0.3) is 11.7 Å². The third-order valence-corrected chi connectivity index (χ3v) is 4.32. The summed E-state index contributed by atoms with van der Waals surface area (Å²) in [7, 11) is 1.48. The van der Waals surface area contributed by atoms with Crippen molar-refractivity contribution in [2.24, 2.45) is 0 Å². The molecule has 110 valence electrons. The molecule has 22 heavy (non-hydrogen) atoms. The highest BCUT2D eigenvalue weighted by Gasteiger charge is 2.39. The van der Waals surface area contributed by atoms with Crippen LogP contribution in [-0.2, 0) is 11.2 Å². The van der Waals surface area contributed by atoms with Crippen molar-refractivity contribution in [3.05, 3.63) is 47.0 Å². The van der Waals surface area contributed by atoms with Crippen LogP contribution < -0.4 is 10.1 Å². The molecule has 1 unspecified atom stereocenters. The number of amides is 1. The lowest BCUT2D eigenvalue weighted by atomic mass is 9.77. The van der Waals surface area contributed by atoms with Gasteiger partial charge in [-0.3, -0.25) is 9.59 Å². The van der Waals surface area contributed by atoms with Gasteiger partial charge in [-0.1, -0.05) is 24.3 Å². The molecule has 0 spiro atoms. The number of hydrogen-bond donors (Lipinski definition) is 2. The van der Waals surface area contributed by atoms with Gasteiger partial charge in [-0.05, 0) is 29.2 Å². The van der Waals surface area contributed by atoms with Crippen LogP contribution in [0.4, 0.5) is 0 Å². The van der Waals surface area contributed by atoms with Crippen LogP contribution >= 0.6 is 0 Å². The number of carbonyl (C=O) groups is 2. The molecule has 0 fully saturated rings.